The number of amides is 1. The van der Waals surface area contributed by atoms with E-state index in [0.717, 1.165) is 23.7 Å². The lowest BCUT2D eigenvalue weighted by molar-refractivity contribution is -0.117. The number of aliphatic imine (C=N–C) groups is 1. The minimum Gasteiger partial charge on any atom is -0.325 e. The van der Waals surface area contributed by atoms with E-state index in [1.807, 2.05) is 6.26 Å². The summed E-state index contributed by atoms with van der Waals surface area (Å²) in [5, 5.41) is 4.47. The molecular formula is C12H13ClN2OS. The number of hydrogen-bond acceptors (Lipinski definition) is 3. The topological polar surface area (TPSA) is 41.5 Å². The summed E-state index contributed by atoms with van der Waals surface area (Å²) in [5.41, 5.74) is 0.770. The second kappa shape index (κ2) is 5.56. The Balaban J connectivity index is 2.02. The van der Waals surface area contributed by atoms with Gasteiger partial charge in [0.2, 0.25) is 5.91 Å². The molecule has 0 unspecified atom stereocenters. The van der Waals surface area contributed by atoms with Crippen molar-refractivity contribution in [3.63, 3.8) is 0 Å². The second-order valence-electron chi connectivity index (χ2n) is 3.76. The van der Waals surface area contributed by atoms with Crippen LogP contribution in [0, 0.1) is 5.92 Å². The molecule has 5 heteroatoms. The number of halogens is 1. The first-order valence-corrected chi connectivity index (χ1v) is 6.95. The SMILES string of the molecule is CSC1=NCC[C@H]1C(=O)Nc1ccc(Cl)cc1. The number of nitrogens with zero attached hydrogens (tertiary/aromatic N) is 1. The highest BCUT2D eigenvalue weighted by atomic mass is 35.5. The van der Waals surface area contributed by atoms with Gasteiger partial charge in [-0.05, 0) is 36.9 Å². The summed E-state index contributed by atoms with van der Waals surface area (Å²) >= 11 is 7.34. The Labute approximate surface area is 110 Å². The van der Waals surface area contributed by atoms with E-state index in [-0.39, 0.29) is 11.8 Å². The first-order chi connectivity index (χ1) is 8.20. The number of rotatable bonds is 2. The molecule has 0 bridgehead atoms. The molecule has 0 aromatic heterocycles. The summed E-state index contributed by atoms with van der Waals surface area (Å²) in [6, 6.07) is 7.11. The largest absolute Gasteiger partial charge is 0.325 e. The monoisotopic (exact) mass is 268 g/mol. The number of nitrogens with one attached hydrogen (secondary N) is 1. The molecule has 1 atom stereocenters. The lowest BCUT2D eigenvalue weighted by Crippen LogP contribution is -2.25. The maximum atomic E-state index is 12.0. The first kappa shape index (κ1) is 12.5. The van der Waals surface area contributed by atoms with E-state index >= 15 is 0 Å². The molecule has 2 rings (SSSR count). The summed E-state index contributed by atoms with van der Waals surface area (Å²) in [4.78, 5) is 16.3. The Morgan fingerprint density at radius 3 is 2.82 bits per heavy atom. The van der Waals surface area contributed by atoms with Gasteiger partial charge >= 0.3 is 0 Å². The van der Waals surface area contributed by atoms with Gasteiger partial charge in [-0.1, -0.05) is 11.6 Å². The van der Waals surface area contributed by atoms with Crippen LogP contribution in [0.2, 0.25) is 5.02 Å². The molecule has 1 aromatic carbocycles. The molecule has 90 valence electrons. The highest BCUT2D eigenvalue weighted by Gasteiger charge is 2.27. The molecular weight excluding hydrogens is 256 g/mol. The Morgan fingerprint density at radius 1 is 1.47 bits per heavy atom. The summed E-state index contributed by atoms with van der Waals surface area (Å²) < 4.78 is 0. The van der Waals surface area contributed by atoms with E-state index in [1.54, 1.807) is 36.0 Å². The second-order valence-corrected chi connectivity index (χ2v) is 5.02. The highest BCUT2D eigenvalue weighted by molar-refractivity contribution is 8.13. The third-order valence-corrected chi connectivity index (χ3v) is 3.70. The van der Waals surface area contributed by atoms with E-state index in [0.29, 0.717) is 5.02 Å². The molecule has 0 saturated heterocycles. The fourth-order valence-corrected chi connectivity index (χ4v) is 2.61. The molecule has 17 heavy (non-hydrogen) atoms. The molecule has 1 aliphatic rings. The van der Waals surface area contributed by atoms with Crippen LogP contribution in [-0.2, 0) is 4.79 Å². The quantitative estimate of drug-likeness (QED) is 0.896. The lowest BCUT2D eigenvalue weighted by Gasteiger charge is -2.11. The Hall–Kier alpha value is -1.00. The average molecular weight is 269 g/mol. The van der Waals surface area contributed by atoms with E-state index in [2.05, 4.69) is 10.3 Å². The van der Waals surface area contributed by atoms with Crippen LogP contribution in [0.3, 0.4) is 0 Å². The number of carbonyl (C=O) groups is 1. The smallest absolute Gasteiger partial charge is 0.234 e. The summed E-state index contributed by atoms with van der Waals surface area (Å²) in [6.45, 7) is 0.745. The fourth-order valence-electron chi connectivity index (χ4n) is 1.75. The van der Waals surface area contributed by atoms with Gasteiger partial charge in [-0.15, -0.1) is 11.8 Å². The molecule has 1 N–H and O–H groups in total. The van der Waals surface area contributed by atoms with Crippen molar-refractivity contribution in [2.24, 2.45) is 10.9 Å². The van der Waals surface area contributed by atoms with Gasteiger partial charge in [-0.25, -0.2) is 0 Å². The van der Waals surface area contributed by atoms with E-state index in [1.165, 1.54) is 0 Å². The number of hydrogen-bond donors (Lipinski definition) is 1. The molecule has 0 spiro atoms. The number of benzene rings is 1. The number of carbonyl (C=O) groups excluding carboxylic acids is 1. The summed E-state index contributed by atoms with van der Waals surface area (Å²) in [5.74, 6) is -0.0846. The van der Waals surface area contributed by atoms with Gasteiger partial charge in [-0.3, -0.25) is 9.79 Å². The summed E-state index contributed by atoms with van der Waals surface area (Å²) in [6.07, 6.45) is 2.75. The first-order valence-electron chi connectivity index (χ1n) is 5.35. The Morgan fingerprint density at radius 2 is 2.18 bits per heavy atom. The standard InChI is InChI=1S/C12H13ClN2OS/c1-17-12-10(6-7-14-12)11(16)15-9-4-2-8(13)3-5-9/h2-5,10H,6-7H2,1H3,(H,15,16)/t10-/m0/s1. The molecule has 1 aromatic rings. The molecule has 0 aliphatic carbocycles. The average Bonchev–Trinajstić information content (AvgIpc) is 2.80. The van der Waals surface area contributed by atoms with Crippen LogP contribution in [0.5, 0.6) is 0 Å². The van der Waals surface area contributed by atoms with Crippen molar-refractivity contribution in [2.45, 2.75) is 6.42 Å². The maximum absolute atomic E-state index is 12.0. The van der Waals surface area contributed by atoms with Crippen molar-refractivity contribution >= 4 is 40.0 Å². The third-order valence-electron chi connectivity index (χ3n) is 2.62. The van der Waals surface area contributed by atoms with Crippen molar-refractivity contribution in [1.29, 1.82) is 0 Å². The van der Waals surface area contributed by atoms with Gasteiger partial charge < -0.3 is 5.32 Å². The zero-order valence-electron chi connectivity index (χ0n) is 9.44. The summed E-state index contributed by atoms with van der Waals surface area (Å²) in [7, 11) is 0. The minimum absolute atomic E-state index is 0.0120. The van der Waals surface area contributed by atoms with Crippen molar-refractivity contribution < 1.29 is 4.79 Å². The van der Waals surface area contributed by atoms with Crippen LogP contribution in [-0.4, -0.2) is 23.8 Å². The van der Waals surface area contributed by atoms with Gasteiger partial charge in [-0.2, -0.15) is 0 Å². The van der Waals surface area contributed by atoms with Crippen molar-refractivity contribution in [3.8, 4) is 0 Å². The Bertz CT molecular complexity index is 444. The highest BCUT2D eigenvalue weighted by Crippen LogP contribution is 2.23. The van der Waals surface area contributed by atoms with Gasteiger partial charge in [0.25, 0.3) is 0 Å². The van der Waals surface area contributed by atoms with Gasteiger partial charge in [0, 0.05) is 17.3 Å². The van der Waals surface area contributed by atoms with Crippen LogP contribution in [0.1, 0.15) is 6.42 Å². The minimum atomic E-state index is -0.0966. The molecule has 1 heterocycles. The predicted molar refractivity (Wildman–Crippen MR) is 74.0 cm³/mol. The van der Waals surface area contributed by atoms with Gasteiger partial charge in [0.05, 0.1) is 11.0 Å². The van der Waals surface area contributed by atoms with E-state index in [9.17, 15) is 4.79 Å². The zero-order valence-corrected chi connectivity index (χ0v) is 11.0. The van der Waals surface area contributed by atoms with Crippen molar-refractivity contribution in [1.82, 2.24) is 0 Å². The molecule has 3 nitrogen and oxygen atoms in total. The lowest BCUT2D eigenvalue weighted by atomic mass is 10.1. The fraction of sp³-hybridized carbons (Fsp3) is 0.333. The van der Waals surface area contributed by atoms with Crippen molar-refractivity contribution in [2.75, 3.05) is 18.1 Å². The third kappa shape index (κ3) is 3.01. The zero-order chi connectivity index (χ0) is 12.3. The van der Waals surface area contributed by atoms with Gasteiger partial charge in [0.15, 0.2) is 0 Å². The van der Waals surface area contributed by atoms with Crippen LogP contribution in [0.25, 0.3) is 0 Å². The van der Waals surface area contributed by atoms with Gasteiger partial charge in [0.1, 0.15) is 0 Å². The van der Waals surface area contributed by atoms with Crippen LogP contribution in [0.15, 0.2) is 29.3 Å². The van der Waals surface area contributed by atoms with Crippen molar-refractivity contribution in [3.05, 3.63) is 29.3 Å². The van der Waals surface area contributed by atoms with Crippen LogP contribution < -0.4 is 5.32 Å². The van der Waals surface area contributed by atoms with Crippen LogP contribution >= 0.6 is 23.4 Å². The molecule has 0 saturated carbocycles. The normalized spacial score (nSPS) is 18.9. The molecule has 0 fully saturated rings. The Kier molecular flexibility index (Phi) is 4.07. The van der Waals surface area contributed by atoms with E-state index in [4.69, 9.17) is 11.6 Å². The van der Waals surface area contributed by atoms with Crippen LogP contribution in [0.4, 0.5) is 5.69 Å². The molecule has 1 amide bonds. The van der Waals surface area contributed by atoms with E-state index < -0.39 is 0 Å². The maximum Gasteiger partial charge on any atom is 0.234 e. The number of thioether (sulfide) groups is 1. The molecule has 1 aliphatic heterocycles. The molecule has 0 radical (unpaired) electrons. The predicted octanol–water partition coefficient (Wildman–Crippen LogP) is 3.06. The number of anilines is 1.